The molecule has 3 rings (SSSR count). The second kappa shape index (κ2) is 8.44. The summed E-state index contributed by atoms with van der Waals surface area (Å²) in [7, 11) is 0. The smallest absolute Gasteiger partial charge is 0.270 e. The van der Waals surface area contributed by atoms with Gasteiger partial charge in [-0.25, -0.2) is 0 Å². The first-order chi connectivity index (χ1) is 13.0. The van der Waals surface area contributed by atoms with E-state index in [1.807, 2.05) is 12.1 Å². The molecule has 0 saturated carbocycles. The maximum atomic E-state index is 10.9. The van der Waals surface area contributed by atoms with Crippen molar-refractivity contribution in [2.45, 2.75) is 9.99 Å². The molecule has 0 amide bonds. The zero-order valence-corrected chi connectivity index (χ0v) is 16.7. The molecule has 27 heavy (non-hydrogen) atoms. The lowest BCUT2D eigenvalue weighted by Gasteiger charge is -2.00. The van der Waals surface area contributed by atoms with Gasteiger partial charge in [0.1, 0.15) is 5.76 Å². The number of halogens is 2. The molecule has 0 fully saturated rings. The van der Waals surface area contributed by atoms with Crippen molar-refractivity contribution >= 4 is 56.6 Å². The third-order valence-electron chi connectivity index (χ3n) is 3.47. The molecule has 0 unspecified atom stereocenters. The number of non-ortho nitro benzene ring substituents is 1. The van der Waals surface area contributed by atoms with Crippen molar-refractivity contribution in [3.05, 3.63) is 85.5 Å². The number of nitro benzene ring substituents is 1. The van der Waals surface area contributed by atoms with Gasteiger partial charge in [-0.05, 0) is 57.9 Å². The molecule has 134 valence electrons. The quantitative estimate of drug-likeness (QED) is 0.236. The fourth-order valence-corrected chi connectivity index (χ4v) is 3.68. The van der Waals surface area contributed by atoms with Crippen LogP contribution in [0.25, 0.3) is 11.6 Å². The van der Waals surface area contributed by atoms with Gasteiger partial charge in [0.15, 0.2) is 5.09 Å². The summed E-state index contributed by atoms with van der Waals surface area (Å²) in [6, 6.07) is 17.1. The molecule has 0 aliphatic heterocycles. The second-order valence-corrected chi connectivity index (χ2v) is 7.65. The SMILES string of the molecule is N#CC(=Cc1cc(Br)c(Sc2ccc(Cl)cc2)o1)c1cccc([N+](=O)[O-])c1. The van der Waals surface area contributed by atoms with Crippen LogP contribution in [0.15, 0.2) is 73.5 Å². The Kier molecular flexibility index (Phi) is 6.01. The third-order valence-corrected chi connectivity index (χ3v) is 5.57. The molecule has 0 atom stereocenters. The molecule has 0 bridgehead atoms. The van der Waals surface area contributed by atoms with E-state index in [0.717, 1.165) is 9.37 Å². The minimum Gasteiger partial charge on any atom is -0.449 e. The van der Waals surface area contributed by atoms with Gasteiger partial charge >= 0.3 is 0 Å². The van der Waals surface area contributed by atoms with Crippen molar-refractivity contribution in [1.82, 2.24) is 0 Å². The van der Waals surface area contributed by atoms with E-state index in [-0.39, 0.29) is 11.3 Å². The zero-order valence-electron chi connectivity index (χ0n) is 13.6. The lowest BCUT2D eigenvalue weighted by Crippen LogP contribution is -1.89. The molecular weight excluding hydrogens is 452 g/mol. The van der Waals surface area contributed by atoms with Crippen molar-refractivity contribution < 1.29 is 9.34 Å². The maximum absolute atomic E-state index is 10.9. The highest BCUT2D eigenvalue weighted by molar-refractivity contribution is 9.10. The normalized spacial score (nSPS) is 11.2. The summed E-state index contributed by atoms with van der Waals surface area (Å²) in [6.07, 6.45) is 1.55. The van der Waals surface area contributed by atoms with Gasteiger partial charge in [0.2, 0.25) is 0 Å². The number of rotatable bonds is 5. The Morgan fingerprint density at radius 3 is 2.67 bits per heavy atom. The standard InChI is InChI=1S/C19H10BrClN2O3S/c20-18-10-16(26-19(18)27-17-6-4-14(21)5-7-17)9-13(11-22)12-2-1-3-15(8-12)23(24)25/h1-10H. The van der Waals surface area contributed by atoms with Crippen LogP contribution in [0.3, 0.4) is 0 Å². The summed E-state index contributed by atoms with van der Waals surface area (Å²) in [5.74, 6) is 0.460. The van der Waals surface area contributed by atoms with Gasteiger partial charge in [-0.3, -0.25) is 10.1 Å². The number of nitriles is 1. The molecule has 1 heterocycles. The molecule has 0 radical (unpaired) electrons. The number of nitro groups is 1. The summed E-state index contributed by atoms with van der Waals surface area (Å²) in [5, 5.41) is 21.7. The number of furan rings is 1. The highest BCUT2D eigenvalue weighted by Gasteiger charge is 2.13. The maximum Gasteiger partial charge on any atom is 0.270 e. The lowest BCUT2D eigenvalue weighted by atomic mass is 10.1. The zero-order chi connectivity index (χ0) is 19.4. The minimum absolute atomic E-state index is 0.0757. The Balaban J connectivity index is 1.89. The molecule has 2 aromatic carbocycles. The molecule has 0 aliphatic rings. The van der Waals surface area contributed by atoms with Crippen molar-refractivity contribution in [3.8, 4) is 6.07 Å². The lowest BCUT2D eigenvalue weighted by molar-refractivity contribution is -0.384. The first-order valence-corrected chi connectivity index (χ1v) is 9.54. The highest BCUT2D eigenvalue weighted by Crippen LogP contribution is 2.37. The summed E-state index contributed by atoms with van der Waals surface area (Å²) >= 11 is 10.7. The molecular formula is C19H10BrClN2O3S. The van der Waals surface area contributed by atoms with Gasteiger partial charge in [-0.15, -0.1) is 0 Å². The van der Waals surface area contributed by atoms with Crippen LogP contribution in [0.1, 0.15) is 11.3 Å². The topological polar surface area (TPSA) is 80.1 Å². The van der Waals surface area contributed by atoms with Crippen molar-refractivity contribution in [2.75, 3.05) is 0 Å². The van der Waals surface area contributed by atoms with E-state index in [4.69, 9.17) is 16.0 Å². The van der Waals surface area contributed by atoms with E-state index in [2.05, 4.69) is 22.0 Å². The first-order valence-electron chi connectivity index (χ1n) is 7.55. The first kappa shape index (κ1) is 19.2. The molecule has 5 nitrogen and oxygen atoms in total. The van der Waals surface area contributed by atoms with Crippen LogP contribution in [-0.4, -0.2) is 4.92 Å². The Labute approximate surface area is 172 Å². The number of allylic oxidation sites excluding steroid dienone is 1. The molecule has 8 heteroatoms. The van der Waals surface area contributed by atoms with Crippen molar-refractivity contribution in [3.63, 3.8) is 0 Å². The van der Waals surface area contributed by atoms with Crippen molar-refractivity contribution in [2.24, 2.45) is 0 Å². The van der Waals surface area contributed by atoms with Crippen LogP contribution < -0.4 is 0 Å². The van der Waals surface area contributed by atoms with Gasteiger partial charge in [0.05, 0.1) is 21.0 Å². The number of hydrogen-bond acceptors (Lipinski definition) is 5. The van der Waals surface area contributed by atoms with Crippen LogP contribution in [0.2, 0.25) is 5.02 Å². The van der Waals surface area contributed by atoms with Gasteiger partial charge in [-0.2, -0.15) is 5.26 Å². The number of benzene rings is 2. The fraction of sp³-hybridized carbons (Fsp3) is 0. The van der Waals surface area contributed by atoms with Gasteiger partial charge in [0.25, 0.3) is 5.69 Å². The summed E-state index contributed by atoms with van der Waals surface area (Å²) in [6.45, 7) is 0. The molecule has 1 aromatic heterocycles. The summed E-state index contributed by atoms with van der Waals surface area (Å²) < 4.78 is 6.54. The summed E-state index contributed by atoms with van der Waals surface area (Å²) in [4.78, 5) is 11.4. The number of hydrogen-bond donors (Lipinski definition) is 0. The second-order valence-electron chi connectivity index (χ2n) is 5.32. The monoisotopic (exact) mass is 460 g/mol. The number of nitrogens with zero attached hydrogens (tertiary/aromatic N) is 2. The molecule has 0 aliphatic carbocycles. The van der Waals surface area contributed by atoms with Crippen LogP contribution in [0, 0.1) is 21.4 Å². The van der Waals surface area contributed by atoms with E-state index in [9.17, 15) is 15.4 Å². The highest BCUT2D eigenvalue weighted by atomic mass is 79.9. The Hall–Kier alpha value is -2.53. The fourth-order valence-electron chi connectivity index (χ4n) is 2.23. The van der Waals surface area contributed by atoms with Gasteiger partial charge < -0.3 is 4.42 Å². The Morgan fingerprint density at radius 2 is 2.00 bits per heavy atom. The van der Waals surface area contributed by atoms with Crippen LogP contribution >= 0.6 is 39.3 Å². The van der Waals surface area contributed by atoms with E-state index in [1.165, 1.54) is 23.9 Å². The van der Waals surface area contributed by atoms with Gasteiger partial charge in [-0.1, -0.05) is 35.5 Å². The molecule has 0 saturated heterocycles. The molecule has 0 N–H and O–H groups in total. The minimum atomic E-state index is -0.497. The average Bonchev–Trinajstić information content (AvgIpc) is 3.00. The average molecular weight is 462 g/mol. The molecule has 3 aromatic rings. The van der Waals surface area contributed by atoms with E-state index >= 15 is 0 Å². The Bertz CT molecular complexity index is 1070. The third kappa shape index (κ3) is 4.80. The predicted octanol–water partition coefficient (Wildman–Crippen LogP) is 6.82. The predicted molar refractivity (Wildman–Crippen MR) is 109 cm³/mol. The van der Waals surface area contributed by atoms with E-state index in [1.54, 1.807) is 36.4 Å². The van der Waals surface area contributed by atoms with Crippen LogP contribution in [-0.2, 0) is 0 Å². The summed E-state index contributed by atoms with van der Waals surface area (Å²) in [5.41, 5.74) is 0.641. The molecule has 0 spiro atoms. The van der Waals surface area contributed by atoms with Crippen LogP contribution in [0.4, 0.5) is 5.69 Å². The Morgan fingerprint density at radius 1 is 1.26 bits per heavy atom. The largest absolute Gasteiger partial charge is 0.449 e. The van der Waals surface area contributed by atoms with E-state index < -0.39 is 4.92 Å². The van der Waals surface area contributed by atoms with Crippen LogP contribution in [0.5, 0.6) is 0 Å². The van der Waals surface area contributed by atoms with E-state index in [0.29, 0.717) is 21.4 Å². The van der Waals surface area contributed by atoms with Crippen molar-refractivity contribution in [1.29, 1.82) is 5.26 Å². The van der Waals surface area contributed by atoms with Gasteiger partial charge in [0, 0.05) is 22.1 Å².